The van der Waals surface area contributed by atoms with E-state index in [1.165, 1.54) is 17.1 Å². The minimum Gasteiger partial charge on any atom is -0.278 e. The summed E-state index contributed by atoms with van der Waals surface area (Å²) < 4.78 is 28.9. The van der Waals surface area contributed by atoms with Gasteiger partial charge < -0.3 is 0 Å². The summed E-state index contributed by atoms with van der Waals surface area (Å²) in [7, 11) is -1.93. The van der Waals surface area contributed by atoms with E-state index < -0.39 is 10.0 Å². The number of aromatic nitrogens is 2. The molecule has 0 amide bonds. The fourth-order valence-corrected chi connectivity index (χ4v) is 3.02. The lowest BCUT2D eigenvalue weighted by Gasteiger charge is -2.09. The molecule has 0 aliphatic heterocycles. The zero-order valence-electron chi connectivity index (χ0n) is 9.88. The van der Waals surface area contributed by atoms with Crippen LogP contribution in [0, 0.1) is 6.92 Å². The van der Waals surface area contributed by atoms with Gasteiger partial charge in [-0.3, -0.25) is 9.40 Å². The largest absolute Gasteiger partial charge is 0.278 e. The highest BCUT2D eigenvalue weighted by molar-refractivity contribution is 9.10. The Bertz CT molecular complexity index is 679. The third kappa shape index (κ3) is 2.56. The average Bonchev–Trinajstić information content (AvgIpc) is 2.72. The van der Waals surface area contributed by atoms with E-state index in [1.807, 2.05) is 13.0 Å². The molecule has 1 aromatic heterocycles. The van der Waals surface area contributed by atoms with Gasteiger partial charge in [0, 0.05) is 17.7 Å². The Morgan fingerprint density at radius 2 is 2.11 bits per heavy atom. The first kappa shape index (κ1) is 13.1. The van der Waals surface area contributed by atoms with Gasteiger partial charge in [0.25, 0.3) is 10.0 Å². The van der Waals surface area contributed by atoms with Crippen LogP contribution in [0.2, 0.25) is 0 Å². The summed E-state index contributed by atoms with van der Waals surface area (Å²) >= 11 is 3.36. The molecule has 0 fully saturated rings. The zero-order chi connectivity index (χ0) is 13.3. The molecule has 0 atom stereocenters. The molecule has 0 aliphatic carbocycles. The van der Waals surface area contributed by atoms with E-state index in [0.29, 0.717) is 5.69 Å². The van der Waals surface area contributed by atoms with Gasteiger partial charge in [-0.2, -0.15) is 5.10 Å². The Hall–Kier alpha value is -1.34. The van der Waals surface area contributed by atoms with Crippen molar-refractivity contribution in [2.24, 2.45) is 7.05 Å². The number of anilines is 1. The first-order valence-electron chi connectivity index (χ1n) is 5.17. The molecule has 0 saturated heterocycles. The van der Waals surface area contributed by atoms with Crippen molar-refractivity contribution >= 4 is 31.6 Å². The Balaban J connectivity index is 2.37. The fourth-order valence-electron chi connectivity index (χ4n) is 1.47. The summed E-state index contributed by atoms with van der Waals surface area (Å²) in [5.74, 6) is 0. The summed E-state index contributed by atoms with van der Waals surface area (Å²) in [6.07, 6.45) is 2.76. The molecule has 0 unspecified atom stereocenters. The second-order valence-corrected chi connectivity index (χ2v) is 6.37. The van der Waals surface area contributed by atoms with Gasteiger partial charge in [0.05, 0.1) is 11.9 Å². The van der Waals surface area contributed by atoms with E-state index in [0.717, 1.165) is 10.0 Å². The molecule has 1 heterocycles. The molecule has 1 N–H and O–H groups in total. The minimum absolute atomic E-state index is 0.137. The van der Waals surface area contributed by atoms with Crippen LogP contribution in [0.5, 0.6) is 0 Å². The van der Waals surface area contributed by atoms with Crippen LogP contribution in [0.3, 0.4) is 0 Å². The van der Waals surface area contributed by atoms with E-state index in [4.69, 9.17) is 0 Å². The lowest BCUT2D eigenvalue weighted by Crippen LogP contribution is -2.12. The highest BCUT2D eigenvalue weighted by Crippen LogP contribution is 2.27. The molecule has 0 bridgehead atoms. The van der Waals surface area contributed by atoms with Crippen LogP contribution in [-0.2, 0) is 17.1 Å². The van der Waals surface area contributed by atoms with E-state index >= 15 is 0 Å². The van der Waals surface area contributed by atoms with Gasteiger partial charge in [-0.25, -0.2) is 8.42 Å². The molecular weight excluding hydrogens is 318 g/mol. The molecule has 96 valence electrons. The maximum Gasteiger partial charge on any atom is 0.265 e. The van der Waals surface area contributed by atoms with Crippen molar-refractivity contribution in [1.29, 1.82) is 0 Å². The predicted octanol–water partition coefficient (Wildman–Crippen LogP) is 2.29. The van der Waals surface area contributed by atoms with E-state index in [2.05, 4.69) is 25.8 Å². The number of hydrogen-bond acceptors (Lipinski definition) is 3. The molecule has 18 heavy (non-hydrogen) atoms. The van der Waals surface area contributed by atoms with E-state index in [1.54, 1.807) is 19.2 Å². The molecule has 2 aromatic rings. The first-order valence-corrected chi connectivity index (χ1v) is 7.44. The van der Waals surface area contributed by atoms with Crippen molar-refractivity contribution in [3.63, 3.8) is 0 Å². The smallest absolute Gasteiger partial charge is 0.265 e. The van der Waals surface area contributed by atoms with Crippen molar-refractivity contribution in [3.05, 3.63) is 40.6 Å². The molecule has 5 nitrogen and oxygen atoms in total. The Kier molecular flexibility index (Phi) is 3.45. The van der Waals surface area contributed by atoms with Crippen LogP contribution < -0.4 is 4.72 Å². The maximum atomic E-state index is 12.1. The highest BCUT2D eigenvalue weighted by Gasteiger charge is 2.17. The number of benzene rings is 1. The topological polar surface area (TPSA) is 64.0 Å². The van der Waals surface area contributed by atoms with Gasteiger partial charge >= 0.3 is 0 Å². The number of nitrogens with zero attached hydrogens (tertiary/aromatic N) is 2. The van der Waals surface area contributed by atoms with Crippen molar-refractivity contribution in [1.82, 2.24) is 9.78 Å². The maximum absolute atomic E-state index is 12.1. The summed E-state index contributed by atoms with van der Waals surface area (Å²) in [5, 5.41) is 3.85. The summed E-state index contributed by atoms with van der Waals surface area (Å²) in [5.41, 5.74) is 1.47. The van der Waals surface area contributed by atoms with Crippen LogP contribution in [-0.4, -0.2) is 18.2 Å². The third-order valence-electron chi connectivity index (χ3n) is 2.43. The van der Waals surface area contributed by atoms with Gasteiger partial charge in [-0.15, -0.1) is 0 Å². The fraction of sp³-hybridized carbons (Fsp3) is 0.182. The number of halogens is 1. The monoisotopic (exact) mass is 329 g/mol. The van der Waals surface area contributed by atoms with E-state index in [-0.39, 0.29) is 4.90 Å². The molecular formula is C11H12BrN3O2S. The van der Waals surface area contributed by atoms with Crippen LogP contribution in [0.1, 0.15) is 5.56 Å². The number of sulfonamides is 1. The van der Waals surface area contributed by atoms with Crippen molar-refractivity contribution in [3.8, 4) is 0 Å². The molecule has 0 radical (unpaired) electrons. The predicted molar refractivity (Wildman–Crippen MR) is 72.9 cm³/mol. The Labute approximate surface area is 114 Å². The van der Waals surface area contributed by atoms with Crippen LogP contribution in [0.25, 0.3) is 0 Å². The second kappa shape index (κ2) is 4.74. The zero-order valence-corrected chi connectivity index (χ0v) is 12.3. The Morgan fingerprint density at radius 1 is 1.39 bits per heavy atom. The molecule has 0 saturated carbocycles. The number of nitrogens with one attached hydrogen (secondary N) is 1. The van der Waals surface area contributed by atoms with Gasteiger partial charge in [-0.1, -0.05) is 12.1 Å². The minimum atomic E-state index is -3.60. The van der Waals surface area contributed by atoms with E-state index in [9.17, 15) is 8.42 Å². The summed E-state index contributed by atoms with van der Waals surface area (Å²) in [6.45, 7) is 1.89. The van der Waals surface area contributed by atoms with Crippen LogP contribution >= 0.6 is 15.9 Å². The summed E-state index contributed by atoms with van der Waals surface area (Å²) in [4.78, 5) is 0.137. The average molecular weight is 330 g/mol. The van der Waals surface area contributed by atoms with Gasteiger partial charge in [0.1, 0.15) is 4.90 Å². The molecule has 1 aromatic carbocycles. The van der Waals surface area contributed by atoms with Crippen LogP contribution in [0.4, 0.5) is 5.69 Å². The standard InChI is InChI=1S/C11H12BrN3O2S/c1-8-4-3-5-10(11(8)12)14-18(16,17)9-6-13-15(2)7-9/h3-7,14H,1-2H3. The van der Waals surface area contributed by atoms with Gasteiger partial charge in [-0.05, 0) is 34.5 Å². The molecule has 0 aliphatic rings. The quantitative estimate of drug-likeness (QED) is 0.939. The first-order chi connectivity index (χ1) is 8.40. The SMILES string of the molecule is Cc1cccc(NS(=O)(=O)c2cnn(C)c2)c1Br. The van der Waals surface area contributed by atoms with Crippen molar-refractivity contribution in [2.45, 2.75) is 11.8 Å². The van der Waals surface area contributed by atoms with Crippen molar-refractivity contribution in [2.75, 3.05) is 4.72 Å². The third-order valence-corrected chi connectivity index (χ3v) is 4.80. The molecule has 2 rings (SSSR count). The van der Waals surface area contributed by atoms with Gasteiger partial charge in [0.15, 0.2) is 0 Å². The normalized spacial score (nSPS) is 11.5. The Morgan fingerprint density at radius 3 is 2.72 bits per heavy atom. The number of rotatable bonds is 3. The van der Waals surface area contributed by atoms with Crippen LogP contribution in [0.15, 0.2) is 40.0 Å². The number of aryl methyl sites for hydroxylation is 2. The lowest BCUT2D eigenvalue weighted by molar-refractivity contribution is 0.601. The lowest BCUT2D eigenvalue weighted by atomic mass is 10.2. The number of hydrogen-bond donors (Lipinski definition) is 1. The van der Waals surface area contributed by atoms with Crippen molar-refractivity contribution < 1.29 is 8.42 Å². The van der Waals surface area contributed by atoms with Gasteiger partial charge in [0.2, 0.25) is 0 Å². The summed E-state index contributed by atoms with van der Waals surface area (Å²) in [6, 6.07) is 5.39. The molecule has 7 heteroatoms. The highest BCUT2D eigenvalue weighted by atomic mass is 79.9. The second-order valence-electron chi connectivity index (χ2n) is 3.89. The molecule has 0 spiro atoms.